The minimum atomic E-state index is -4.17. The van der Waals surface area contributed by atoms with Crippen molar-refractivity contribution in [2.75, 3.05) is 6.54 Å². The van der Waals surface area contributed by atoms with E-state index in [-0.39, 0.29) is 29.2 Å². The van der Waals surface area contributed by atoms with Gasteiger partial charge in [-0.05, 0) is 56.2 Å². The maximum absolute atomic E-state index is 12.9. The number of benzene rings is 3. The van der Waals surface area contributed by atoms with E-state index < -0.39 is 32.1 Å². The van der Waals surface area contributed by atoms with Crippen LogP contribution < -0.4 is 9.44 Å². The molecule has 0 fully saturated rings. The number of aliphatic carboxylic acids is 1. The Morgan fingerprint density at radius 2 is 1.54 bits per heavy atom. The zero-order valence-corrected chi connectivity index (χ0v) is 20.4. The number of carboxylic acids is 1. The third-order valence-corrected chi connectivity index (χ3v) is 8.49. The Balaban J connectivity index is 1.43. The van der Waals surface area contributed by atoms with Crippen molar-refractivity contribution in [3.63, 3.8) is 0 Å². The molecule has 0 aliphatic rings. The van der Waals surface area contributed by atoms with E-state index in [4.69, 9.17) is 4.42 Å². The van der Waals surface area contributed by atoms with E-state index in [0.717, 1.165) is 10.9 Å². The summed E-state index contributed by atoms with van der Waals surface area (Å²) in [6.45, 7) is 1.79. The van der Waals surface area contributed by atoms with Crippen LogP contribution in [0.25, 0.3) is 21.9 Å². The van der Waals surface area contributed by atoms with Crippen molar-refractivity contribution in [3.8, 4) is 0 Å². The molecule has 3 aromatic carbocycles. The molecule has 9 nitrogen and oxygen atoms in total. The van der Waals surface area contributed by atoms with E-state index >= 15 is 0 Å². The van der Waals surface area contributed by atoms with Gasteiger partial charge in [-0.3, -0.25) is 4.79 Å². The van der Waals surface area contributed by atoms with Crippen molar-refractivity contribution >= 4 is 48.0 Å². The Morgan fingerprint density at radius 3 is 2.26 bits per heavy atom. The van der Waals surface area contributed by atoms with Crippen LogP contribution in [0.3, 0.4) is 0 Å². The maximum Gasteiger partial charge on any atom is 0.321 e. The van der Waals surface area contributed by atoms with Gasteiger partial charge in [-0.2, -0.15) is 4.72 Å². The number of nitrogens with one attached hydrogen (secondary N) is 2. The van der Waals surface area contributed by atoms with Gasteiger partial charge in [0.2, 0.25) is 20.0 Å². The molecule has 3 N–H and O–H groups in total. The number of fused-ring (bicyclic) bond motifs is 3. The molecule has 0 radical (unpaired) electrons. The molecule has 0 aliphatic heterocycles. The van der Waals surface area contributed by atoms with Gasteiger partial charge in [0.25, 0.3) is 0 Å². The summed E-state index contributed by atoms with van der Waals surface area (Å²) in [5, 5.41) is 10.9. The SMILES string of the molecule is Cc1ccc(S(=O)(=O)NCCCC(NS(=O)(=O)c2ccc3oc4ccccc4c3c2)C(=O)O)cc1. The van der Waals surface area contributed by atoms with Crippen LogP contribution in [-0.2, 0) is 24.8 Å². The molecule has 1 aromatic heterocycles. The summed E-state index contributed by atoms with van der Waals surface area (Å²) in [6.07, 6.45) is -0.00214. The van der Waals surface area contributed by atoms with Crippen molar-refractivity contribution in [1.29, 1.82) is 0 Å². The molecule has 0 saturated carbocycles. The Morgan fingerprint density at radius 1 is 0.886 bits per heavy atom. The zero-order valence-electron chi connectivity index (χ0n) is 18.8. The molecule has 0 bridgehead atoms. The molecule has 0 amide bonds. The Bertz CT molecular complexity index is 1590. The van der Waals surface area contributed by atoms with Crippen molar-refractivity contribution in [1.82, 2.24) is 9.44 Å². The maximum atomic E-state index is 12.9. The molecule has 1 heterocycles. The topological polar surface area (TPSA) is 143 Å². The van der Waals surface area contributed by atoms with E-state index in [1.807, 2.05) is 25.1 Å². The van der Waals surface area contributed by atoms with Crippen molar-refractivity contribution in [2.24, 2.45) is 0 Å². The summed E-state index contributed by atoms with van der Waals surface area (Å²) in [5.41, 5.74) is 2.04. The van der Waals surface area contributed by atoms with Crippen LogP contribution in [0.2, 0.25) is 0 Å². The summed E-state index contributed by atoms with van der Waals surface area (Å²) >= 11 is 0. The number of hydrogen-bond acceptors (Lipinski definition) is 6. The first-order chi connectivity index (χ1) is 16.6. The number of rotatable bonds is 10. The first-order valence-electron chi connectivity index (χ1n) is 10.8. The quantitative estimate of drug-likeness (QED) is 0.274. The predicted molar refractivity (Wildman–Crippen MR) is 131 cm³/mol. The molecule has 35 heavy (non-hydrogen) atoms. The lowest BCUT2D eigenvalue weighted by atomic mass is 10.1. The Kier molecular flexibility index (Phi) is 6.95. The Hall–Kier alpha value is -3.25. The van der Waals surface area contributed by atoms with Gasteiger partial charge in [0.15, 0.2) is 0 Å². The molecule has 4 aromatic rings. The number of para-hydroxylation sites is 1. The minimum absolute atomic E-state index is 0.0469. The molecular weight excluding hydrogens is 492 g/mol. The third kappa shape index (κ3) is 5.54. The van der Waals surface area contributed by atoms with E-state index in [1.165, 1.54) is 30.3 Å². The standard InChI is InChI=1S/C24H24N2O7S2/c1-16-8-10-17(11-9-16)34(29,30)25-14-4-6-21(24(27)28)26-35(31,32)18-12-13-23-20(15-18)19-5-2-3-7-22(19)33-23/h2-3,5,7-13,15,21,25-26H,4,6,14H2,1H3,(H,27,28). The first kappa shape index (κ1) is 24.9. The molecule has 0 aliphatic carbocycles. The molecule has 4 rings (SSSR count). The average molecular weight is 517 g/mol. The second kappa shape index (κ2) is 9.78. The van der Waals surface area contributed by atoms with Crippen LogP contribution in [0, 0.1) is 6.92 Å². The first-order valence-corrected chi connectivity index (χ1v) is 13.8. The lowest BCUT2D eigenvalue weighted by Gasteiger charge is -2.15. The van der Waals surface area contributed by atoms with Gasteiger partial charge in [0.1, 0.15) is 17.2 Å². The normalized spacial score (nSPS) is 13.3. The Labute approximate surface area is 202 Å². The number of aryl methyl sites for hydroxylation is 1. The number of carboxylic acid groups (broad SMARTS) is 1. The highest BCUT2D eigenvalue weighted by Gasteiger charge is 2.26. The second-order valence-corrected chi connectivity index (χ2v) is 11.6. The van der Waals surface area contributed by atoms with Gasteiger partial charge >= 0.3 is 5.97 Å². The van der Waals surface area contributed by atoms with E-state index in [9.17, 15) is 26.7 Å². The average Bonchev–Trinajstić information content (AvgIpc) is 3.19. The fourth-order valence-electron chi connectivity index (χ4n) is 3.67. The highest BCUT2D eigenvalue weighted by molar-refractivity contribution is 7.89. The highest BCUT2D eigenvalue weighted by atomic mass is 32.2. The second-order valence-electron chi connectivity index (χ2n) is 8.12. The number of furan rings is 1. The fraction of sp³-hybridized carbons (Fsp3) is 0.208. The highest BCUT2D eigenvalue weighted by Crippen LogP contribution is 2.30. The minimum Gasteiger partial charge on any atom is -0.480 e. The van der Waals surface area contributed by atoms with Crippen LogP contribution in [0.4, 0.5) is 0 Å². The summed E-state index contributed by atoms with van der Waals surface area (Å²) in [6, 6.07) is 16.4. The van der Waals surface area contributed by atoms with Crippen molar-refractivity contribution in [2.45, 2.75) is 35.6 Å². The van der Waals surface area contributed by atoms with Crippen LogP contribution in [-0.4, -0.2) is 40.5 Å². The van der Waals surface area contributed by atoms with Gasteiger partial charge < -0.3 is 9.52 Å². The van der Waals surface area contributed by atoms with Gasteiger partial charge in [0, 0.05) is 17.3 Å². The monoisotopic (exact) mass is 516 g/mol. The van der Waals surface area contributed by atoms with Gasteiger partial charge in [-0.25, -0.2) is 21.6 Å². The van der Waals surface area contributed by atoms with Crippen LogP contribution in [0.5, 0.6) is 0 Å². The van der Waals surface area contributed by atoms with Crippen LogP contribution >= 0.6 is 0 Å². The molecule has 184 valence electrons. The lowest BCUT2D eigenvalue weighted by Crippen LogP contribution is -2.41. The number of sulfonamides is 2. The van der Waals surface area contributed by atoms with Gasteiger partial charge in [-0.1, -0.05) is 35.9 Å². The molecule has 1 unspecified atom stereocenters. The molecule has 0 spiro atoms. The number of carbonyl (C=O) groups is 1. The molecule has 0 saturated heterocycles. The van der Waals surface area contributed by atoms with Crippen LogP contribution in [0.15, 0.2) is 80.9 Å². The van der Waals surface area contributed by atoms with Crippen LogP contribution in [0.1, 0.15) is 18.4 Å². The third-order valence-electron chi connectivity index (χ3n) is 5.55. The number of hydrogen-bond donors (Lipinski definition) is 3. The largest absolute Gasteiger partial charge is 0.480 e. The molecule has 11 heteroatoms. The fourth-order valence-corrected chi connectivity index (χ4v) is 6.00. The summed E-state index contributed by atoms with van der Waals surface area (Å²) in [4.78, 5) is 11.7. The van der Waals surface area contributed by atoms with E-state index in [1.54, 1.807) is 18.2 Å². The summed E-state index contributed by atoms with van der Waals surface area (Å²) in [7, 11) is -7.92. The van der Waals surface area contributed by atoms with Crippen molar-refractivity contribution in [3.05, 3.63) is 72.3 Å². The molecular formula is C24H24N2O7S2. The summed E-state index contributed by atoms with van der Waals surface area (Å²) < 4.78 is 60.9. The predicted octanol–water partition coefficient (Wildman–Crippen LogP) is 3.38. The molecule has 1 atom stereocenters. The van der Waals surface area contributed by atoms with E-state index in [2.05, 4.69) is 9.44 Å². The van der Waals surface area contributed by atoms with Crippen molar-refractivity contribution < 1.29 is 31.2 Å². The van der Waals surface area contributed by atoms with E-state index in [0.29, 0.717) is 16.6 Å². The lowest BCUT2D eigenvalue weighted by molar-refractivity contribution is -0.139. The zero-order chi connectivity index (χ0) is 25.2. The van der Waals surface area contributed by atoms with Gasteiger partial charge in [0.05, 0.1) is 9.79 Å². The summed E-state index contributed by atoms with van der Waals surface area (Å²) in [5.74, 6) is -1.36. The smallest absolute Gasteiger partial charge is 0.321 e. The van der Waals surface area contributed by atoms with Gasteiger partial charge in [-0.15, -0.1) is 0 Å².